The van der Waals surface area contributed by atoms with Gasteiger partial charge in [0.05, 0.1) is 30.7 Å². The predicted octanol–water partition coefficient (Wildman–Crippen LogP) is 4.27. The number of allylic oxidation sites excluding steroid dienone is 1. The Morgan fingerprint density at radius 2 is 1.90 bits per heavy atom. The number of urea groups is 1. The van der Waals surface area contributed by atoms with Gasteiger partial charge in [0.1, 0.15) is 6.04 Å². The maximum atomic E-state index is 14.2. The highest BCUT2D eigenvalue weighted by Gasteiger charge is 2.42. The van der Waals surface area contributed by atoms with Gasteiger partial charge in [-0.25, -0.2) is 23.4 Å². The van der Waals surface area contributed by atoms with Gasteiger partial charge in [0.2, 0.25) is 6.41 Å². The van der Waals surface area contributed by atoms with E-state index in [2.05, 4.69) is 16.7 Å². The topological polar surface area (TPSA) is 115 Å². The van der Waals surface area contributed by atoms with Gasteiger partial charge in [0.15, 0.2) is 11.6 Å². The van der Waals surface area contributed by atoms with Crippen LogP contribution in [0.15, 0.2) is 59.8 Å². The molecule has 2 aromatic carbocycles. The summed E-state index contributed by atoms with van der Waals surface area (Å²) in [5, 5.41) is 18.0. The molecule has 1 unspecified atom stereocenters. The molecule has 218 valence electrons. The van der Waals surface area contributed by atoms with Crippen LogP contribution < -0.4 is 10.6 Å². The second-order valence-electron chi connectivity index (χ2n) is 9.94. The fraction of sp³-hybridized carbons (Fsp3) is 0.379. The average molecular weight is 588 g/mol. The van der Waals surface area contributed by atoms with Crippen LogP contribution in [-0.4, -0.2) is 54.7 Å². The van der Waals surface area contributed by atoms with Gasteiger partial charge in [-0.15, -0.1) is 12.4 Å². The first-order chi connectivity index (χ1) is 19.2. The summed E-state index contributed by atoms with van der Waals surface area (Å²) in [5.74, 6) is -3.04. The van der Waals surface area contributed by atoms with E-state index in [1.807, 2.05) is 30.3 Å². The van der Waals surface area contributed by atoms with Gasteiger partial charge in [0.25, 0.3) is 0 Å². The lowest BCUT2D eigenvalue weighted by atomic mass is 9.69. The van der Waals surface area contributed by atoms with E-state index in [9.17, 15) is 28.4 Å². The number of carbonyl (C=O) groups excluding carboxylic acids is 3. The van der Waals surface area contributed by atoms with Crippen LogP contribution >= 0.6 is 12.4 Å². The maximum Gasteiger partial charge on any atom is 0.341 e. The minimum atomic E-state index is -1.24. The Morgan fingerprint density at radius 1 is 1.22 bits per heavy atom. The van der Waals surface area contributed by atoms with Crippen molar-refractivity contribution in [1.82, 2.24) is 20.7 Å². The van der Waals surface area contributed by atoms with Gasteiger partial charge in [-0.05, 0) is 55.9 Å². The molecular weight excluding hydrogens is 556 g/mol. The molecule has 0 bridgehead atoms. The first kappa shape index (κ1) is 31.5. The summed E-state index contributed by atoms with van der Waals surface area (Å²) in [6.45, 7) is 1.84. The minimum Gasteiger partial charge on any atom is -0.466 e. The van der Waals surface area contributed by atoms with Gasteiger partial charge in [0, 0.05) is 18.3 Å². The Kier molecular flexibility index (Phi) is 10.4. The number of esters is 1. The lowest BCUT2D eigenvalue weighted by Crippen LogP contribution is -2.57. The Bertz CT molecular complexity index is 1340. The second kappa shape index (κ2) is 13.6. The van der Waals surface area contributed by atoms with Crippen molar-refractivity contribution < 1.29 is 27.9 Å². The largest absolute Gasteiger partial charge is 0.466 e. The summed E-state index contributed by atoms with van der Waals surface area (Å²) in [4.78, 5) is 38.0. The predicted molar refractivity (Wildman–Crippen MR) is 148 cm³/mol. The van der Waals surface area contributed by atoms with Crippen LogP contribution in [0.5, 0.6) is 0 Å². The van der Waals surface area contributed by atoms with E-state index in [-0.39, 0.29) is 41.8 Å². The van der Waals surface area contributed by atoms with Crippen LogP contribution in [0.1, 0.15) is 49.8 Å². The third-order valence-electron chi connectivity index (χ3n) is 7.64. The summed E-state index contributed by atoms with van der Waals surface area (Å²) >= 11 is 0. The molecule has 1 fully saturated rings. The third kappa shape index (κ3) is 6.50. The molecule has 4 rings (SSSR count). The molecular formula is C29H32ClF2N5O4. The van der Waals surface area contributed by atoms with Crippen LogP contribution in [0, 0.1) is 23.0 Å². The van der Waals surface area contributed by atoms with E-state index in [1.54, 1.807) is 0 Å². The molecule has 0 spiro atoms. The quantitative estimate of drug-likeness (QED) is 0.335. The number of hydrazine groups is 1. The minimum absolute atomic E-state index is 0. The normalized spacial score (nSPS) is 22.2. The fourth-order valence-electron chi connectivity index (χ4n) is 5.49. The zero-order chi connectivity index (χ0) is 28.9. The van der Waals surface area contributed by atoms with E-state index in [1.165, 1.54) is 13.0 Å². The first-order valence-corrected chi connectivity index (χ1v) is 13.0. The number of amides is 3. The Labute approximate surface area is 243 Å². The van der Waals surface area contributed by atoms with E-state index in [0.29, 0.717) is 25.8 Å². The van der Waals surface area contributed by atoms with Crippen molar-refractivity contribution in [3.05, 3.63) is 82.6 Å². The third-order valence-corrected chi connectivity index (χ3v) is 7.64. The molecule has 2 aliphatic rings. The lowest BCUT2D eigenvalue weighted by molar-refractivity contribution is -0.141. The Hall–Kier alpha value is -4.01. The number of halogens is 3. The van der Waals surface area contributed by atoms with Gasteiger partial charge < -0.3 is 15.4 Å². The van der Waals surface area contributed by atoms with Gasteiger partial charge in [-0.1, -0.05) is 36.4 Å². The van der Waals surface area contributed by atoms with Crippen LogP contribution in [0.4, 0.5) is 13.6 Å². The number of hydrogen-bond donors (Lipinski definition) is 2. The van der Waals surface area contributed by atoms with Crippen molar-refractivity contribution >= 4 is 30.8 Å². The molecule has 12 heteroatoms. The molecule has 9 nitrogen and oxygen atoms in total. The van der Waals surface area contributed by atoms with Crippen molar-refractivity contribution in [3.8, 4) is 6.07 Å². The summed E-state index contributed by atoms with van der Waals surface area (Å²) in [5.41, 5.74) is 0.718. The van der Waals surface area contributed by atoms with Crippen molar-refractivity contribution in [3.63, 3.8) is 0 Å². The number of nitrogens with one attached hydrogen (secondary N) is 2. The number of hydrogen-bond acceptors (Lipinski definition) is 6. The summed E-state index contributed by atoms with van der Waals surface area (Å²) in [6, 6.07) is 13.4. The van der Waals surface area contributed by atoms with E-state index in [0.717, 1.165) is 47.7 Å². The van der Waals surface area contributed by atoms with Crippen molar-refractivity contribution in [2.45, 2.75) is 50.1 Å². The van der Waals surface area contributed by atoms with Crippen molar-refractivity contribution in [2.75, 3.05) is 20.2 Å². The molecule has 1 atom stereocenters. The zero-order valence-corrected chi connectivity index (χ0v) is 23.5. The SMILES string of the molecule is COC(=O)C1=C(C)NC(=O)N(N(C=O)CCNC2CCC(C#N)(c3ccccc3)CC2)C1c1ccc(F)c(F)c1.Cl. The molecule has 1 heterocycles. The van der Waals surface area contributed by atoms with Gasteiger partial charge >= 0.3 is 12.0 Å². The molecule has 1 aliphatic heterocycles. The van der Waals surface area contributed by atoms with Gasteiger partial charge in [-0.2, -0.15) is 5.26 Å². The van der Waals surface area contributed by atoms with Crippen LogP contribution in [0.3, 0.4) is 0 Å². The van der Waals surface area contributed by atoms with Crippen molar-refractivity contribution in [1.29, 1.82) is 5.26 Å². The Morgan fingerprint density at radius 3 is 2.49 bits per heavy atom. The fourth-order valence-corrected chi connectivity index (χ4v) is 5.49. The number of nitrogens with zero attached hydrogens (tertiary/aromatic N) is 3. The lowest BCUT2D eigenvalue weighted by Gasteiger charge is -2.42. The molecule has 2 aromatic rings. The zero-order valence-electron chi connectivity index (χ0n) is 22.7. The van der Waals surface area contributed by atoms with E-state index in [4.69, 9.17) is 4.74 Å². The Balaban J connectivity index is 0.00000462. The number of nitriles is 1. The number of ether oxygens (including phenoxy) is 1. The summed E-state index contributed by atoms with van der Waals surface area (Å²) < 4.78 is 32.8. The van der Waals surface area contributed by atoms with Crippen molar-refractivity contribution in [2.24, 2.45) is 0 Å². The molecule has 1 aliphatic carbocycles. The number of rotatable bonds is 9. The number of carbonyl (C=O) groups is 3. The highest BCUT2D eigenvalue weighted by Crippen LogP contribution is 2.39. The highest BCUT2D eigenvalue weighted by molar-refractivity contribution is 5.95. The molecule has 0 aromatic heterocycles. The molecule has 2 N–H and O–H groups in total. The van der Waals surface area contributed by atoms with Crippen LogP contribution in [0.2, 0.25) is 0 Å². The van der Waals surface area contributed by atoms with E-state index >= 15 is 0 Å². The molecule has 0 saturated heterocycles. The van der Waals surface area contributed by atoms with Crippen LogP contribution in [0.25, 0.3) is 0 Å². The highest BCUT2D eigenvalue weighted by atomic mass is 35.5. The standard InChI is InChI=1S/C29H31F2N5O4.ClH/c1-19-25(27(38)40-2)26(20-8-9-23(30)24(31)16-20)36(28(39)34-19)35(18-37)15-14-33-22-10-12-29(17-32,13-11-22)21-6-4-3-5-7-21;/h3-9,16,18,22,26,33H,10-15H2,1-2H3,(H,34,39);1H. The maximum absolute atomic E-state index is 14.2. The smallest absolute Gasteiger partial charge is 0.341 e. The first-order valence-electron chi connectivity index (χ1n) is 13.0. The molecule has 0 radical (unpaired) electrons. The second-order valence-corrected chi connectivity index (χ2v) is 9.94. The molecule has 3 amide bonds. The van der Waals surface area contributed by atoms with Gasteiger partial charge in [-0.3, -0.25) is 9.80 Å². The van der Waals surface area contributed by atoms with Crippen LogP contribution in [-0.2, 0) is 19.7 Å². The monoisotopic (exact) mass is 587 g/mol. The summed E-state index contributed by atoms with van der Waals surface area (Å²) in [7, 11) is 1.16. The van der Waals surface area contributed by atoms with E-state index < -0.39 is 35.1 Å². The number of methoxy groups -OCH3 is 1. The molecule has 41 heavy (non-hydrogen) atoms. The summed E-state index contributed by atoms with van der Waals surface area (Å²) in [6.07, 6.45) is 3.31. The number of benzene rings is 2. The average Bonchev–Trinajstić information content (AvgIpc) is 2.97. The molecule has 1 saturated carbocycles.